The summed E-state index contributed by atoms with van der Waals surface area (Å²) < 4.78 is 54.6. The van der Waals surface area contributed by atoms with E-state index in [2.05, 4.69) is 14.8 Å². The van der Waals surface area contributed by atoms with Gasteiger partial charge in [0, 0.05) is 12.6 Å². The van der Waals surface area contributed by atoms with Gasteiger partial charge in [-0.05, 0) is 43.7 Å². The molecule has 0 unspecified atom stereocenters. The summed E-state index contributed by atoms with van der Waals surface area (Å²) in [5, 5.41) is 3.18. The number of hydrogen-bond acceptors (Lipinski definition) is 4. The highest BCUT2D eigenvalue weighted by Gasteiger charge is 2.19. The van der Waals surface area contributed by atoms with E-state index in [4.69, 9.17) is 0 Å². The van der Waals surface area contributed by atoms with Crippen molar-refractivity contribution >= 4 is 10.0 Å². The average molecular weight is 306 g/mol. The molecule has 5 nitrogen and oxygen atoms in total. The summed E-state index contributed by atoms with van der Waals surface area (Å²) in [5.41, 5.74) is 0. The molecular weight excluding hydrogens is 290 g/mol. The number of benzene rings is 1. The van der Waals surface area contributed by atoms with Crippen molar-refractivity contribution in [1.82, 2.24) is 10.0 Å². The normalized spacial score (nSPS) is 19.4. The quantitative estimate of drug-likeness (QED) is 0.832. The van der Waals surface area contributed by atoms with Crippen molar-refractivity contribution in [3.8, 4) is 5.75 Å². The van der Waals surface area contributed by atoms with Crippen molar-refractivity contribution in [3.05, 3.63) is 24.3 Å². The van der Waals surface area contributed by atoms with Crippen molar-refractivity contribution in [1.29, 1.82) is 0 Å². The number of rotatable bonds is 6. The maximum absolute atomic E-state index is 12.0. The van der Waals surface area contributed by atoms with Crippen LogP contribution in [0.5, 0.6) is 5.75 Å². The molecule has 1 aromatic carbocycles. The first-order chi connectivity index (χ1) is 9.47. The van der Waals surface area contributed by atoms with Gasteiger partial charge in [-0.25, -0.2) is 13.1 Å². The number of ether oxygens (including phenoxy) is 1. The summed E-state index contributed by atoms with van der Waals surface area (Å²) in [6, 6.07) is 5.03. The van der Waals surface area contributed by atoms with Crippen LogP contribution < -0.4 is 14.8 Å². The van der Waals surface area contributed by atoms with E-state index < -0.39 is 16.6 Å². The number of halogens is 2. The molecule has 1 fully saturated rings. The van der Waals surface area contributed by atoms with E-state index in [1.807, 2.05) is 0 Å². The zero-order chi connectivity index (χ0) is 14.6. The third-order valence-corrected chi connectivity index (χ3v) is 4.48. The minimum absolute atomic E-state index is 0.0251. The van der Waals surface area contributed by atoms with Gasteiger partial charge in [-0.15, -0.1) is 0 Å². The van der Waals surface area contributed by atoms with Crippen LogP contribution in [0.25, 0.3) is 0 Å². The number of hydrogen-bond donors (Lipinski definition) is 2. The first-order valence-electron chi connectivity index (χ1n) is 6.25. The first kappa shape index (κ1) is 15.1. The highest BCUT2D eigenvalue weighted by molar-refractivity contribution is 7.89. The van der Waals surface area contributed by atoms with Gasteiger partial charge in [0.2, 0.25) is 10.0 Å². The summed E-state index contributed by atoms with van der Waals surface area (Å²) in [7, 11) is -3.63. The fourth-order valence-electron chi connectivity index (χ4n) is 2.02. The van der Waals surface area contributed by atoms with E-state index in [1.165, 1.54) is 24.3 Å². The van der Waals surface area contributed by atoms with Gasteiger partial charge in [0.25, 0.3) is 0 Å². The smallest absolute Gasteiger partial charge is 0.387 e. The van der Waals surface area contributed by atoms with Crippen LogP contribution in [0.1, 0.15) is 12.8 Å². The van der Waals surface area contributed by atoms with Gasteiger partial charge in [0.05, 0.1) is 4.90 Å². The predicted octanol–water partition coefficient (Wildman–Crippen LogP) is 1.32. The summed E-state index contributed by atoms with van der Waals surface area (Å²) in [6.07, 6.45) is 1.97. The van der Waals surface area contributed by atoms with Crippen molar-refractivity contribution in [2.75, 3.05) is 13.1 Å². The molecule has 1 saturated heterocycles. The Bertz CT molecular complexity index is 528. The third kappa shape index (κ3) is 4.12. The van der Waals surface area contributed by atoms with Crippen LogP contribution in [-0.4, -0.2) is 34.2 Å². The van der Waals surface area contributed by atoms with Gasteiger partial charge < -0.3 is 10.1 Å². The van der Waals surface area contributed by atoms with Gasteiger partial charge in [-0.1, -0.05) is 0 Å². The van der Waals surface area contributed by atoms with Crippen LogP contribution in [0.3, 0.4) is 0 Å². The minimum Gasteiger partial charge on any atom is -0.435 e. The molecule has 1 atom stereocenters. The van der Waals surface area contributed by atoms with E-state index in [-0.39, 0.29) is 16.7 Å². The highest BCUT2D eigenvalue weighted by atomic mass is 32.2. The molecule has 1 aromatic rings. The molecule has 0 saturated carbocycles. The van der Waals surface area contributed by atoms with E-state index in [9.17, 15) is 17.2 Å². The molecule has 2 rings (SSSR count). The van der Waals surface area contributed by atoms with Crippen molar-refractivity contribution in [2.45, 2.75) is 30.4 Å². The second kappa shape index (κ2) is 6.47. The Morgan fingerprint density at radius 3 is 2.60 bits per heavy atom. The molecule has 0 aliphatic carbocycles. The molecule has 0 bridgehead atoms. The lowest BCUT2D eigenvalue weighted by Gasteiger charge is -2.12. The van der Waals surface area contributed by atoms with Gasteiger partial charge in [-0.3, -0.25) is 0 Å². The van der Waals surface area contributed by atoms with Gasteiger partial charge >= 0.3 is 6.61 Å². The van der Waals surface area contributed by atoms with Crippen LogP contribution in [0.15, 0.2) is 29.2 Å². The second-order valence-corrected chi connectivity index (χ2v) is 6.26. The molecule has 112 valence electrons. The highest BCUT2D eigenvalue weighted by Crippen LogP contribution is 2.17. The maximum Gasteiger partial charge on any atom is 0.387 e. The lowest BCUT2D eigenvalue weighted by atomic mass is 10.2. The fourth-order valence-corrected chi connectivity index (χ4v) is 3.11. The fraction of sp³-hybridized carbons (Fsp3) is 0.500. The summed E-state index contributed by atoms with van der Waals surface area (Å²) >= 11 is 0. The van der Waals surface area contributed by atoms with E-state index >= 15 is 0 Å². The van der Waals surface area contributed by atoms with Gasteiger partial charge in [0.1, 0.15) is 5.75 Å². The van der Waals surface area contributed by atoms with Crippen molar-refractivity contribution in [2.24, 2.45) is 0 Å². The largest absolute Gasteiger partial charge is 0.435 e. The van der Waals surface area contributed by atoms with Gasteiger partial charge in [-0.2, -0.15) is 8.78 Å². The van der Waals surface area contributed by atoms with Crippen molar-refractivity contribution < 1.29 is 21.9 Å². The molecule has 1 aliphatic heterocycles. The third-order valence-electron chi connectivity index (χ3n) is 3.04. The number of nitrogens with one attached hydrogen (secondary N) is 2. The van der Waals surface area contributed by atoms with Crippen LogP contribution in [0.2, 0.25) is 0 Å². The molecule has 0 amide bonds. The standard InChI is InChI=1S/C12H16F2N2O3S/c13-12(14)19-10-3-5-11(6-4-10)20(17,18)16-8-9-2-1-7-15-9/h3-6,9,12,15-16H,1-2,7-8H2/t9-/m1/s1. The maximum atomic E-state index is 12.0. The summed E-state index contributed by atoms with van der Waals surface area (Å²) in [5.74, 6) is -0.0728. The Kier molecular flexibility index (Phi) is 4.90. The van der Waals surface area contributed by atoms with Gasteiger partial charge in [0.15, 0.2) is 0 Å². The minimum atomic E-state index is -3.63. The van der Waals surface area contributed by atoms with Crippen LogP contribution >= 0.6 is 0 Å². The van der Waals surface area contributed by atoms with E-state index in [0.717, 1.165) is 19.4 Å². The molecule has 2 N–H and O–H groups in total. The Hall–Kier alpha value is -1.25. The van der Waals surface area contributed by atoms with Crippen molar-refractivity contribution in [3.63, 3.8) is 0 Å². The molecule has 0 aromatic heterocycles. The Balaban J connectivity index is 1.97. The van der Waals surface area contributed by atoms with E-state index in [0.29, 0.717) is 6.54 Å². The van der Waals surface area contributed by atoms with Crippen LogP contribution in [0, 0.1) is 0 Å². The number of sulfonamides is 1. The molecule has 0 spiro atoms. The lowest BCUT2D eigenvalue weighted by Crippen LogP contribution is -2.37. The second-order valence-electron chi connectivity index (χ2n) is 4.50. The zero-order valence-electron chi connectivity index (χ0n) is 10.7. The Labute approximate surface area is 116 Å². The first-order valence-corrected chi connectivity index (χ1v) is 7.73. The van der Waals surface area contributed by atoms with Crippen LogP contribution in [-0.2, 0) is 10.0 Å². The average Bonchev–Trinajstić information content (AvgIpc) is 2.89. The summed E-state index contributed by atoms with van der Waals surface area (Å²) in [4.78, 5) is 0.0251. The lowest BCUT2D eigenvalue weighted by molar-refractivity contribution is -0.0498. The molecular formula is C12H16F2N2O3S. The molecule has 1 aliphatic rings. The van der Waals surface area contributed by atoms with Crippen LogP contribution in [0.4, 0.5) is 8.78 Å². The SMILES string of the molecule is O=S(=O)(NC[C@H]1CCCN1)c1ccc(OC(F)F)cc1. The Morgan fingerprint density at radius 2 is 2.05 bits per heavy atom. The summed E-state index contributed by atoms with van der Waals surface area (Å²) in [6.45, 7) is -1.71. The molecule has 0 radical (unpaired) electrons. The van der Waals surface area contributed by atoms with E-state index in [1.54, 1.807) is 0 Å². The Morgan fingerprint density at radius 1 is 1.35 bits per heavy atom. The molecule has 20 heavy (non-hydrogen) atoms. The zero-order valence-corrected chi connectivity index (χ0v) is 11.5. The topological polar surface area (TPSA) is 67.4 Å². The number of alkyl halides is 2. The monoisotopic (exact) mass is 306 g/mol. The molecule has 1 heterocycles. The molecule has 8 heteroatoms. The predicted molar refractivity (Wildman–Crippen MR) is 69.3 cm³/mol.